The predicted molar refractivity (Wildman–Crippen MR) is 189 cm³/mol. The molecule has 1 aliphatic rings. The van der Waals surface area contributed by atoms with E-state index in [-0.39, 0.29) is 34.3 Å². The Morgan fingerprint density at radius 3 is 1.57 bits per heavy atom. The van der Waals surface area contributed by atoms with Gasteiger partial charge in [0.25, 0.3) is 0 Å². The van der Waals surface area contributed by atoms with Crippen molar-refractivity contribution >= 4 is 62.2 Å². The van der Waals surface area contributed by atoms with Crippen LogP contribution < -0.4 is 0 Å². The molecule has 1 heterocycles. The Kier molecular flexibility index (Phi) is 7.57. The van der Waals surface area contributed by atoms with Crippen molar-refractivity contribution in [3.8, 4) is 0 Å². The Balaban J connectivity index is 1.56. The summed E-state index contributed by atoms with van der Waals surface area (Å²) in [5.74, 6) is -0.382. The number of aliphatic imine (C=N–C) groups is 3. The van der Waals surface area contributed by atoms with Gasteiger partial charge in [-0.15, -0.1) is 0 Å². The molecule has 0 bridgehead atoms. The zero-order valence-electron chi connectivity index (χ0n) is 25.4. The highest BCUT2D eigenvalue weighted by Gasteiger charge is 2.32. The minimum absolute atomic E-state index is 0.166. The van der Waals surface area contributed by atoms with Crippen LogP contribution in [0.1, 0.15) is 31.8 Å². The predicted octanol–water partition coefficient (Wildman–Crippen LogP) is 9.56. The number of Topliss-reactive ketones (excluding diaryl/α,β-unsaturated/α-hetero) is 2. The molecule has 5 nitrogen and oxygen atoms in total. The van der Waals surface area contributed by atoms with Crippen LogP contribution in [0.25, 0.3) is 21.5 Å². The molecule has 0 saturated carbocycles. The van der Waals surface area contributed by atoms with Crippen LogP contribution in [0, 0.1) is 13.8 Å². The Labute approximate surface area is 267 Å². The van der Waals surface area contributed by atoms with Crippen LogP contribution in [0.5, 0.6) is 0 Å². The first-order chi connectivity index (χ1) is 22.5. The lowest BCUT2D eigenvalue weighted by molar-refractivity contribution is 0.101. The lowest BCUT2D eigenvalue weighted by atomic mass is 9.88. The van der Waals surface area contributed by atoms with E-state index >= 15 is 0 Å². The number of rotatable bonds is 6. The Bertz CT molecular complexity index is 2300. The number of benzene rings is 6. The minimum atomic E-state index is -0.329. The number of fused-ring (bicyclic) bond motifs is 2. The van der Waals surface area contributed by atoms with Crippen molar-refractivity contribution in [2.75, 3.05) is 0 Å². The van der Waals surface area contributed by atoms with E-state index in [4.69, 9.17) is 15.0 Å². The first-order valence-corrected chi connectivity index (χ1v) is 15.1. The molecule has 0 unspecified atom stereocenters. The summed E-state index contributed by atoms with van der Waals surface area (Å²) in [5, 5.41) is 3.92. The highest BCUT2D eigenvalue weighted by Crippen LogP contribution is 2.35. The number of dihydropyridines is 1. The van der Waals surface area contributed by atoms with E-state index < -0.39 is 0 Å². The molecule has 0 radical (unpaired) electrons. The van der Waals surface area contributed by atoms with Gasteiger partial charge in [-0.05, 0) is 35.7 Å². The fourth-order valence-electron chi connectivity index (χ4n) is 5.80. The van der Waals surface area contributed by atoms with E-state index in [9.17, 15) is 9.59 Å². The molecule has 220 valence electrons. The first kappa shape index (κ1) is 28.7. The first-order valence-electron chi connectivity index (χ1n) is 15.1. The van der Waals surface area contributed by atoms with Crippen molar-refractivity contribution < 1.29 is 9.59 Å². The molecular weight excluding hydrogens is 566 g/mol. The molecule has 0 amide bonds. The summed E-state index contributed by atoms with van der Waals surface area (Å²) in [6.45, 7) is 3.99. The lowest BCUT2D eigenvalue weighted by Gasteiger charge is -2.19. The van der Waals surface area contributed by atoms with Crippen LogP contribution in [0.15, 0.2) is 160 Å². The van der Waals surface area contributed by atoms with Gasteiger partial charge in [0, 0.05) is 28.1 Å². The Hall–Kier alpha value is -6.07. The third kappa shape index (κ3) is 5.29. The third-order valence-electron chi connectivity index (χ3n) is 8.22. The van der Waals surface area contributed by atoms with E-state index in [0.29, 0.717) is 16.8 Å². The maximum atomic E-state index is 14.6. The SMILES string of the molecule is Cc1ccc2ccccc2c1N=C1N=CC(C(=O)c2ccccc2)=C(C(=O)c2ccccc2)C1=Nc1c(C)ccc2ccccc12. The molecule has 0 N–H and O–H groups in total. The molecule has 0 saturated heterocycles. The van der Waals surface area contributed by atoms with E-state index in [1.807, 2.05) is 98.8 Å². The largest absolute Gasteiger partial charge is 0.289 e. The normalized spacial score (nSPS) is 14.8. The third-order valence-corrected chi connectivity index (χ3v) is 8.22. The number of ketones is 2. The van der Waals surface area contributed by atoms with Gasteiger partial charge in [0.15, 0.2) is 17.4 Å². The fourth-order valence-corrected chi connectivity index (χ4v) is 5.80. The van der Waals surface area contributed by atoms with Crippen LogP contribution in [0.2, 0.25) is 0 Å². The Morgan fingerprint density at radius 2 is 1.00 bits per heavy atom. The molecule has 6 aromatic rings. The smallest absolute Gasteiger partial charge is 0.196 e. The zero-order valence-corrected chi connectivity index (χ0v) is 25.4. The summed E-state index contributed by atoms with van der Waals surface area (Å²) in [4.78, 5) is 43.8. The van der Waals surface area contributed by atoms with Crippen molar-refractivity contribution in [2.45, 2.75) is 13.8 Å². The Morgan fingerprint density at radius 1 is 0.522 bits per heavy atom. The summed E-state index contributed by atoms with van der Waals surface area (Å²) in [6, 6.07) is 42.1. The average molecular weight is 596 g/mol. The maximum Gasteiger partial charge on any atom is 0.196 e. The summed E-state index contributed by atoms with van der Waals surface area (Å²) in [5.41, 5.74) is 4.78. The molecule has 0 spiro atoms. The second-order valence-electron chi connectivity index (χ2n) is 11.2. The zero-order chi connectivity index (χ0) is 31.6. The van der Waals surface area contributed by atoms with Crippen molar-refractivity contribution in [3.63, 3.8) is 0 Å². The lowest BCUT2D eigenvalue weighted by Crippen LogP contribution is -2.29. The summed E-state index contributed by atoms with van der Waals surface area (Å²) in [6.07, 6.45) is 1.47. The summed E-state index contributed by atoms with van der Waals surface area (Å²) >= 11 is 0. The number of amidine groups is 1. The number of aryl methyl sites for hydroxylation is 2. The molecule has 5 heteroatoms. The summed E-state index contributed by atoms with van der Waals surface area (Å²) in [7, 11) is 0. The second-order valence-corrected chi connectivity index (χ2v) is 11.2. The van der Waals surface area contributed by atoms with Gasteiger partial charge in [0.2, 0.25) is 0 Å². The van der Waals surface area contributed by atoms with Crippen LogP contribution in [0.4, 0.5) is 11.4 Å². The van der Waals surface area contributed by atoms with Crippen molar-refractivity contribution in [1.29, 1.82) is 0 Å². The molecule has 6 aromatic carbocycles. The fraction of sp³-hybridized carbons (Fsp3) is 0.0488. The van der Waals surface area contributed by atoms with Gasteiger partial charge < -0.3 is 0 Å². The molecule has 0 aromatic heterocycles. The van der Waals surface area contributed by atoms with Gasteiger partial charge in [0.1, 0.15) is 5.71 Å². The molecule has 1 aliphatic heterocycles. The molecule has 0 fully saturated rings. The highest BCUT2D eigenvalue weighted by molar-refractivity contribution is 6.60. The number of carbonyl (C=O) groups excluding carboxylic acids is 2. The number of nitrogens with zero attached hydrogens (tertiary/aromatic N) is 3. The van der Waals surface area contributed by atoms with Crippen molar-refractivity contribution in [1.82, 2.24) is 0 Å². The van der Waals surface area contributed by atoms with Gasteiger partial charge in [-0.3, -0.25) is 9.59 Å². The van der Waals surface area contributed by atoms with Gasteiger partial charge >= 0.3 is 0 Å². The minimum Gasteiger partial charge on any atom is -0.289 e. The van der Waals surface area contributed by atoms with Crippen LogP contribution >= 0.6 is 0 Å². The second kappa shape index (κ2) is 12.1. The van der Waals surface area contributed by atoms with Gasteiger partial charge in [0.05, 0.1) is 22.5 Å². The van der Waals surface area contributed by atoms with Gasteiger partial charge in [-0.1, -0.05) is 133 Å². The number of carbonyl (C=O) groups is 2. The molecule has 0 aliphatic carbocycles. The quantitative estimate of drug-likeness (QED) is 0.180. The summed E-state index contributed by atoms with van der Waals surface area (Å²) < 4.78 is 0. The van der Waals surface area contributed by atoms with Crippen LogP contribution in [0.3, 0.4) is 0 Å². The highest BCUT2D eigenvalue weighted by atomic mass is 16.1. The molecule has 0 atom stereocenters. The maximum absolute atomic E-state index is 14.6. The topological polar surface area (TPSA) is 71.2 Å². The standard InChI is InChI=1S/C41H29N3O2/c1-26-21-23-28-13-9-11-19-32(28)36(26)43-38-35(40(46)31-17-7-4-8-18-31)34(39(45)30-15-5-3-6-16-30)25-42-41(38)44-37-27(2)22-24-29-14-10-12-20-33(29)37/h3-25H,1-2H3. The van der Waals surface area contributed by atoms with Gasteiger partial charge in [-0.25, -0.2) is 15.0 Å². The number of hydrogen-bond donors (Lipinski definition) is 0. The van der Waals surface area contributed by atoms with Crippen molar-refractivity contribution in [2.24, 2.45) is 15.0 Å². The average Bonchev–Trinajstić information content (AvgIpc) is 3.11. The van der Waals surface area contributed by atoms with E-state index in [2.05, 4.69) is 12.1 Å². The van der Waals surface area contributed by atoms with E-state index in [1.54, 1.807) is 36.4 Å². The van der Waals surface area contributed by atoms with Crippen LogP contribution in [-0.2, 0) is 0 Å². The molecule has 46 heavy (non-hydrogen) atoms. The van der Waals surface area contributed by atoms with Crippen molar-refractivity contribution in [3.05, 3.63) is 167 Å². The molecule has 7 rings (SSSR count). The van der Waals surface area contributed by atoms with Crippen LogP contribution in [-0.4, -0.2) is 29.3 Å². The monoisotopic (exact) mass is 595 g/mol. The molecular formula is C41H29N3O2. The number of hydrogen-bond acceptors (Lipinski definition) is 4. The van der Waals surface area contributed by atoms with Gasteiger partial charge in [-0.2, -0.15) is 0 Å². The number of allylic oxidation sites excluding steroid dienone is 1. The van der Waals surface area contributed by atoms with E-state index in [0.717, 1.165) is 38.4 Å². The van der Waals surface area contributed by atoms with E-state index in [1.165, 1.54) is 6.21 Å².